The molecule has 2 aromatic rings. The molecule has 3 nitrogen and oxygen atoms in total. The molecule has 0 radical (unpaired) electrons. The molecule has 1 N–H and O–H groups in total. The number of aryl methyl sites for hydroxylation is 1. The van der Waals surface area contributed by atoms with Crippen LogP contribution < -0.4 is 5.32 Å². The van der Waals surface area contributed by atoms with Gasteiger partial charge in [-0.3, -0.25) is 4.79 Å². The summed E-state index contributed by atoms with van der Waals surface area (Å²) in [6.07, 6.45) is 2.82. The largest absolute Gasteiger partial charge is 0.342 e. The summed E-state index contributed by atoms with van der Waals surface area (Å²) in [5, 5.41) is 2.75. The van der Waals surface area contributed by atoms with Gasteiger partial charge in [-0.2, -0.15) is 0 Å². The summed E-state index contributed by atoms with van der Waals surface area (Å²) in [6.45, 7) is 2.83. The van der Waals surface area contributed by atoms with Crippen LogP contribution in [-0.2, 0) is 6.54 Å². The van der Waals surface area contributed by atoms with Gasteiger partial charge in [-0.1, -0.05) is 6.92 Å². The minimum atomic E-state index is -0.324. The molecule has 0 spiro atoms. The topological polar surface area (TPSA) is 34.0 Å². The maximum atomic E-state index is 12.8. The molecule has 100 valence electrons. The van der Waals surface area contributed by atoms with Crippen LogP contribution >= 0.6 is 15.9 Å². The van der Waals surface area contributed by atoms with Gasteiger partial charge in [0.2, 0.25) is 0 Å². The van der Waals surface area contributed by atoms with Gasteiger partial charge in [-0.15, -0.1) is 0 Å². The van der Waals surface area contributed by atoms with Crippen molar-refractivity contribution in [2.75, 3.05) is 5.32 Å². The highest BCUT2D eigenvalue weighted by atomic mass is 79.9. The summed E-state index contributed by atoms with van der Waals surface area (Å²) >= 11 is 3.37. The van der Waals surface area contributed by atoms with Gasteiger partial charge in [0.1, 0.15) is 11.5 Å². The van der Waals surface area contributed by atoms with Crippen molar-refractivity contribution >= 4 is 27.5 Å². The first-order valence-electron chi connectivity index (χ1n) is 6.02. The number of nitrogens with zero attached hydrogens (tertiary/aromatic N) is 1. The highest BCUT2D eigenvalue weighted by Crippen LogP contribution is 2.17. The molecular formula is C14H14BrFN2O. The monoisotopic (exact) mass is 324 g/mol. The van der Waals surface area contributed by atoms with E-state index in [1.807, 2.05) is 10.8 Å². The van der Waals surface area contributed by atoms with Crippen LogP contribution in [0, 0.1) is 5.82 Å². The van der Waals surface area contributed by atoms with Crippen LogP contribution in [0.25, 0.3) is 0 Å². The zero-order valence-electron chi connectivity index (χ0n) is 10.5. The Balaban J connectivity index is 2.17. The molecule has 0 atom stereocenters. The molecule has 1 aromatic heterocycles. The lowest BCUT2D eigenvalue weighted by Crippen LogP contribution is -2.16. The van der Waals surface area contributed by atoms with Gasteiger partial charge < -0.3 is 9.88 Å². The van der Waals surface area contributed by atoms with E-state index in [9.17, 15) is 9.18 Å². The van der Waals surface area contributed by atoms with Crippen molar-refractivity contribution in [3.63, 3.8) is 0 Å². The molecule has 0 saturated heterocycles. The van der Waals surface area contributed by atoms with Crippen LogP contribution in [0.3, 0.4) is 0 Å². The predicted molar refractivity (Wildman–Crippen MR) is 76.8 cm³/mol. The molecule has 0 saturated carbocycles. The minimum Gasteiger partial charge on any atom is -0.342 e. The maximum Gasteiger partial charge on any atom is 0.272 e. The van der Waals surface area contributed by atoms with Crippen LogP contribution in [0.2, 0.25) is 0 Å². The van der Waals surface area contributed by atoms with Crippen LogP contribution in [0.1, 0.15) is 23.8 Å². The molecule has 1 aromatic carbocycles. The molecule has 19 heavy (non-hydrogen) atoms. The van der Waals surface area contributed by atoms with Crippen molar-refractivity contribution in [3.8, 4) is 0 Å². The lowest BCUT2D eigenvalue weighted by Gasteiger charge is -2.08. The molecule has 1 heterocycles. The maximum absolute atomic E-state index is 12.8. The number of carbonyl (C=O) groups excluding carboxylic acids is 1. The molecule has 1 amide bonds. The Bertz CT molecular complexity index is 578. The Kier molecular flexibility index (Phi) is 4.37. The third-order valence-corrected chi connectivity index (χ3v) is 3.10. The van der Waals surface area contributed by atoms with Gasteiger partial charge in [-0.25, -0.2) is 4.39 Å². The Morgan fingerprint density at radius 1 is 1.37 bits per heavy atom. The highest BCUT2D eigenvalue weighted by molar-refractivity contribution is 9.10. The van der Waals surface area contributed by atoms with Crippen LogP contribution in [0.5, 0.6) is 0 Å². The second-order valence-electron chi connectivity index (χ2n) is 4.20. The average Bonchev–Trinajstić information content (AvgIpc) is 2.74. The summed E-state index contributed by atoms with van der Waals surface area (Å²) in [7, 11) is 0. The Hall–Kier alpha value is -1.62. The lowest BCUT2D eigenvalue weighted by molar-refractivity contribution is 0.101. The third-order valence-electron chi connectivity index (χ3n) is 2.66. The molecule has 0 unspecified atom stereocenters. The molecule has 0 aliphatic carbocycles. The second kappa shape index (κ2) is 6.02. The van der Waals surface area contributed by atoms with Crippen LogP contribution in [0.4, 0.5) is 10.1 Å². The SMILES string of the molecule is CCCn1cc(Br)cc1C(=O)Nc1ccc(F)cc1. The van der Waals surface area contributed by atoms with E-state index in [4.69, 9.17) is 0 Å². The summed E-state index contributed by atoms with van der Waals surface area (Å²) in [5.41, 5.74) is 1.16. The average molecular weight is 325 g/mol. The number of nitrogens with one attached hydrogen (secondary N) is 1. The molecule has 0 aliphatic rings. The van der Waals surface area contributed by atoms with Gasteiger partial charge in [0.15, 0.2) is 0 Å². The predicted octanol–water partition coefficient (Wildman–Crippen LogP) is 4.05. The molecule has 0 fully saturated rings. The molecule has 0 aliphatic heterocycles. The van der Waals surface area contributed by atoms with Gasteiger partial charge in [0.25, 0.3) is 5.91 Å². The smallest absolute Gasteiger partial charge is 0.272 e. The van der Waals surface area contributed by atoms with Crippen LogP contribution in [0.15, 0.2) is 41.0 Å². The van der Waals surface area contributed by atoms with E-state index in [0.717, 1.165) is 17.4 Å². The number of rotatable bonds is 4. The summed E-state index contributed by atoms with van der Waals surface area (Å²) in [5.74, 6) is -0.527. The van der Waals surface area contributed by atoms with E-state index in [1.165, 1.54) is 24.3 Å². The number of benzene rings is 1. The van der Waals surface area contributed by atoms with Crippen molar-refractivity contribution < 1.29 is 9.18 Å². The number of halogens is 2. The fourth-order valence-electron chi connectivity index (χ4n) is 1.82. The van der Waals surface area contributed by atoms with Crippen molar-refractivity contribution in [2.45, 2.75) is 19.9 Å². The van der Waals surface area contributed by atoms with E-state index < -0.39 is 0 Å². The number of aromatic nitrogens is 1. The summed E-state index contributed by atoms with van der Waals surface area (Å²) in [4.78, 5) is 12.2. The van der Waals surface area contributed by atoms with Crippen molar-refractivity contribution in [1.82, 2.24) is 4.57 Å². The minimum absolute atomic E-state index is 0.203. The quantitative estimate of drug-likeness (QED) is 0.904. The third kappa shape index (κ3) is 3.44. The molecule has 2 rings (SSSR count). The Morgan fingerprint density at radius 3 is 2.68 bits per heavy atom. The standard InChI is InChI=1S/C14H14BrFN2O/c1-2-7-18-9-10(15)8-13(18)14(19)17-12-5-3-11(16)4-6-12/h3-6,8-9H,2,7H2,1H3,(H,17,19). The zero-order valence-corrected chi connectivity index (χ0v) is 12.1. The summed E-state index contributed by atoms with van der Waals surface area (Å²) in [6, 6.07) is 7.48. The van der Waals surface area contributed by atoms with Crippen molar-refractivity contribution in [1.29, 1.82) is 0 Å². The fourth-order valence-corrected chi connectivity index (χ4v) is 2.28. The van der Waals surface area contributed by atoms with E-state index in [0.29, 0.717) is 11.4 Å². The summed E-state index contributed by atoms with van der Waals surface area (Å²) < 4.78 is 15.5. The highest BCUT2D eigenvalue weighted by Gasteiger charge is 2.12. The normalized spacial score (nSPS) is 10.5. The number of amides is 1. The van der Waals surface area contributed by atoms with Crippen molar-refractivity contribution in [2.24, 2.45) is 0 Å². The Morgan fingerprint density at radius 2 is 2.05 bits per heavy atom. The van der Waals surface area contributed by atoms with Crippen LogP contribution in [-0.4, -0.2) is 10.5 Å². The van der Waals surface area contributed by atoms with Crippen molar-refractivity contribution in [3.05, 3.63) is 52.5 Å². The van der Waals surface area contributed by atoms with E-state index in [2.05, 4.69) is 28.2 Å². The number of anilines is 1. The molecule has 5 heteroatoms. The van der Waals surface area contributed by atoms with E-state index >= 15 is 0 Å². The number of carbonyl (C=O) groups is 1. The Labute approximate surface area is 119 Å². The number of hydrogen-bond donors (Lipinski definition) is 1. The molecular weight excluding hydrogens is 311 g/mol. The van der Waals surface area contributed by atoms with Gasteiger partial charge in [0.05, 0.1) is 0 Å². The van der Waals surface area contributed by atoms with E-state index in [1.54, 1.807) is 6.07 Å². The van der Waals surface area contributed by atoms with E-state index in [-0.39, 0.29) is 11.7 Å². The zero-order chi connectivity index (χ0) is 13.8. The molecule has 0 bridgehead atoms. The first-order chi connectivity index (χ1) is 9.10. The first kappa shape index (κ1) is 13.8. The van der Waals surface area contributed by atoms with Gasteiger partial charge >= 0.3 is 0 Å². The lowest BCUT2D eigenvalue weighted by atomic mass is 10.3. The van der Waals surface area contributed by atoms with Gasteiger partial charge in [-0.05, 0) is 52.7 Å². The number of hydrogen-bond acceptors (Lipinski definition) is 1. The first-order valence-corrected chi connectivity index (χ1v) is 6.82. The second-order valence-corrected chi connectivity index (χ2v) is 5.11. The fraction of sp³-hybridized carbons (Fsp3) is 0.214. The van der Waals surface area contributed by atoms with Gasteiger partial charge in [0, 0.05) is 22.9 Å².